The van der Waals surface area contributed by atoms with Gasteiger partial charge in [-0.25, -0.2) is 4.68 Å². The second-order valence-electron chi connectivity index (χ2n) is 6.51. The molecule has 2 aromatic heterocycles. The maximum absolute atomic E-state index is 13.0. The first-order chi connectivity index (χ1) is 12.5. The Kier molecular flexibility index (Phi) is 5.38. The minimum Gasteiger partial charge on any atom is -0.337 e. The Bertz CT molecular complexity index is 905. The molecule has 26 heavy (non-hydrogen) atoms. The summed E-state index contributed by atoms with van der Waals surface area (Å²) in [5.41, 5.74) is 3.30. The van der Waals surface area contributed by atoms with E-state index in [4.69, 9.17) is 11.6 Å². The first-order valence-corrected chi connectivity index (χ1v) is 8.83. The number of aromatic nitrogens is 3. The summed E-state index contributed by atoms with van der Waals surface area (Å²) in [4.78, 5) is 18.8. The molecule has 3 rings (SSSR count). The van der Waals surface area contributed by atoms with E-state index in [-0.39, 0.29) is 11.8 Å². The fraction of sp³-hybridized carbons (Fsp3) is 0.250. The number of halogens is 1. The third kappa shape index (κ3) is 3.78. The van der Waals surface area contributed by atoms with Crippen molar-refractivity contribution < 1.29 is 4.79 Å². The zero-order valence-electron chi connectivity index (χ0n) is 15.1. The summed E-state index contributed by atoms with van der Waals surface area (Å²) in [6.45, 7) is 4.60. The van der Waals surface area contributed by atoms with E-state index in [9.17, 15) is 4.79 Å². The molecule has 5 nitrogen and oxygen atoms in total. The van der Waals surface area contributed by atoms with Crippen LogP contribution in [0.2, 0.25) is 5.02 Å². The van der Waals surface area contributed by atoms with Crippen LogP contribution in [0.5, 0.6) is 0 Å². The van der Waals surface area contributed by atoms with E-state index in [1.807, 2.05) is 36.4 Å². The molecule has 0 saturated heterocycles. The number of pyridine rings is 1. The number of carbonyl (C=O) groups excluding carboxylic acids is 1. The number of benzene rings is 1. The predicted octanol–water partition coefficient (Wildman–Crippen LogP) is 4.32. The van der Waals surface area contributed by atoms with Gasteiger partial charge in [0.15, 0.2) is 0 Å². The standard InChI is InChI=1S/C20H21ClN4O/c1-14(2)19-18(12-23-25(19)17-8-4-7-16(21)10-17)20(26)24(3)13-15-6-5-9-22-11-15/h4-12,14H,13H2,1-3H3. The molecule has 2 heterocycles. The molecule has 0 N–H and O–H groups in total. The summed E-state index contributed by atoms with van der Waals surface area (Å²) < 4.78 is 1.79. The highest BCUT2D eigenvalue weighted by Crippen LogP contribution is 2.25. The average molecular weight is 369 g/mol. The number of rotatable bonds is 5. The minimum atomic E-state index is -0.0640. The highest BCUT2D eigenvalue weighted by Gasteiger charge is 2.23. The normalized spacial score (nSPS) is 11.0. The van der Waals surface area contributed by atoms with Crippen molar-refractivity contribution >= 4 is 17.5 Å². The maximum atomic E-state index is 13.0. The molecule has 0 atom stereocenters. The molecule has 6 heteroatoms. The van der Waals surface area contributed by atoms with E-state index in [1.165, 1.54) is 0 Å². The SMILES string of the molecule is CC(C)c1c(C(=O)N(C)Cc2cccnc2)cnn1-c1cccc(Cl)c1. The van der Waals surface area contributed by atoms with Gasteiger partial charge >= 0.3 is 0 Å². The van der Waals surface area contributed by atoms with Crippen LogP contribution in [0.3, 0.4) is 0 Å². The number of hydrogen-bond acceptors (Lipinski definition) is 3. The van der Waals surface area contributed by atoms with Gasteiger partial charge in [0, 0.05) is 31.0 Å². The zero-order chi connectivity index (χ0) is 18.7. The molecule has 0 aliphatic rings. The van der Waals surface area contributed by atoms with E-state index >= 15 is 0 Å². The van der Waals surface area contributed by atoms with Crippen molar-refractivity contribution in [3.63, 3.8) is 0 Å². The second kappa shape index (κ2) is 7.70. The van der Waals surface area contributed by atoms with Crippen LogP contribution in [-0.4, -0.2) is 32.6 Å². The largest absolute Gasteiger partial charge is 0.337 e. The van der Waals surface area contributed by atoms with Gasteiger partial charge in [-0.3, -0.25) is 9.78 Å². The van der Waals surface area contributed by atoms with Gasteiger partial charge in [-0.05, 0) is 35.7 Å². The molecule has 134 valence electrons. The third-order valence-corrected chi connectivity index (χ3v) is 4.36. The third-order valence-electron chi connectivity index (χ3n) is 4.13. The fourth-order valence-corrected chi connectivity index (χ4v) is 3.12. The molecule has 0 aliphatic carbocycles. The number of hydrogen-bond donors (Lipinski definition) is 0. The van der Waals surface area contributed by atoms with Crippen LogP contribution in [0.1, 0.15) is 41.4 Å². The Morgan fingerprint density at radius 2 is 2.04 bits per heavy atom. The highest BCUT2D eigenvalue weighted by atomic mass is 35.5. The molecule has 1 aromatic carbocycles. The molecule has 1 amide bonds. The summed E-state index contributed by atoms with van der Waals surface area (Å²) in [5, 5.41) is 5.09. The summed E-state index contributed by atoms with van der Waals surface area (Å²) >= 11 is 6.11. The van der Waals surface area contributed by atoms with Gasteiger partial charge in [-0.2, -0.15) is 5.10 Å². The van der Waals surface area contributed by atoms with E-state index in [0.717, 1.165) is 16.9 Å². The first kappa shape index (κ1) is 18.1. The van der Waals surface area contributed by atoms with Crippen molar-refractivity contribution in [2.24, 2.45) is 0 Å². The monoisotopic (exact) mass is 368 g/mol. The van der Waals surface area contributed by atoms with Gasteiger partial charge in [0.25, 0.3) is 5.91 Å². The lowest BCUT2D eigenvalue weighted by atomic mass is 10.0. The van der Waals surface area contributed by atoms with Crippen LogP contribution >= 0.6 is 11.6 Å². The molecule has 0 bridgehead atoms. The van der Waals surface area contributed by atoms with Crippen LogP contribution in [0.4, 0.5) is 0 Å². The van der Waals surface area contributed by atoms with E-state index in [1.54, 1.807) is 35.2 Å². The van der Waals surface area contributed by atoms with Crippen molar-refractivity contribution in [3.8, 4) is 5.69 Å². The Morgan fingerprint density at radius 3 is 2.69 bits per heavy atom. The molecule has 0 fully saturated rings. The lowest BCUT2D eigenvalue weighted by molar-refractivity contribution is 0.0783. The first-order valence-electron chi connectivity index (χ1n) is 8.45. The lowest BCUT2D eigenvalue weighted by Crippen LogP contribution is -2.27. The van der Waals surface area contributed by atoms with Gasteiger partial charge in [0.05, 0.1) is 23.1 Å². The van der Waals surface area contributed by atoms with Crippen molar-refractivity contribution in [3.05, 3.63) is 76.8 Å². The fourth-order valence-electron chi connectivity index (χ4n) is 2.93. The lowest BCUT2D eigenvalue weighted by Gasteiger charge is -2.19. The smallest absolute Gasteiger partial charge is 0.257 e. The van der Waals surface area contributed by atoms with Crippen molar-refractivity contribution in [1.82, 2.24) is 19.7 Å². The van der Waals surface area contributed by atoms with Crippen LogP contribution < -0.4 is 0 Å². The molecule has 3 aromatic rings. The van der Waals surface area contributed by atoms with Gasteiger partial charge in [-0.15, -0.1) is 0 Å². The van der Waals surface area contributed by atoms with Crippen LogP contribution in [-0.2, 0) is 6.54 Å². The van der Waals surface area contributed by atoms with Crippen molar-refractivity contribution in [1.29, 1.82) is 0 Å². The predicted molar refractivity (Wildman–Crippen MR) is 103 cm³/mol. The molecule has 0 radical (unpaired) electrons. The summed E-state index contributed by atoms with van der Waals surface area (Å²) in [7, 11) is 1.79. The molecule has 0 aliphatic heterocycles. The molecular formula is C20H21ClN4O. The highest BCUT2D eigenvalue weighted by molar-refractivity contribution is 6.30. The Morgan fingerprint density at radius 1 is 1.23 bits per heavy atom. The average Bonchev–Trinajstić information content (AvgIpc) is 3.07. The van der Waals surface area contributed by atoms with Crippen LogP contribution in [0, 0.1) is 0 Å². The molecule has 0 spiro atoms. The van der Waals surface area contributed by atoms with E-state index < -0.39 is 0 Å². The Hall–Kier alpha value is -2.66. The van der Waals surface area contributed by atoms with E-state index in [2.05, 4.69) is 23.9 Å². The van der Waals surface area contributed by atoms with Gasteiger partial charge in [0.1, 0.15) is 0 Å². The summed E-state index contributed by atoms with van der Waals surface area (Å²) in [5.74, 6) is 0.0630. The summed E-state index contributed by atoms with van der Waals surface area (Å²) in [6, 6.07) is 11.3. The van der Waals surface area contributed by atoms with Crippen molar-refractivity contribution in [2.75, 3.05) is 7.05 Å². The Balaban J connectivity index is 1.93. The molecule has 0 saturated carbocycles. The van der Waals surface area contributed by atoms with Crippen molar-refractivity contribution in [2.45, 2.75) is 26.3 Å². The quantitative estimate of drug-likeness (QED) is 0.674. The van der Waals surface area contributed by atoms with Gasteiger partial charge in [0.2, 0.25) is 0 Å². The topological polar surface area (TPSA) is 51.0 Å². The Labute approximate surface area is 158 Å². The maximum Gasteiger partial charge on any atom is 0.257 e. The van der Waals surface area contributed by atoms with Crippen LogP contribution in [0.15, 0.2) is 55.0 Å². The number of amides is 1. The molecular weight excluding hydrogens is 348 g/mol. The second-order valence-corrected chi connectivity index (χ2v) is 6.95. The van der Waals surface area contributed by atoms with E-state index in [0.29, 0.717) is 17.1 Å². The number of nitrogens with zero attached hydrogens (tertiary/aromatic N) is 4. The number of carbonyl (C=O) groups is 1. The molecule has 0 unspecified atom stereocenters. The van der Waals surface area contributed by atoms with Gasteiger partial charge in [-0.1, -0.05) is 37.6 Å². The summed E-state index contributed by atoms with van der Waals surface area (Å²) in [6.07, 6.45) is 5.12. The van der Waals surface area contributed by atoms with Crippen LogP contribution in [0.25, 0.3) is 5.69 Å². The zero-order valence-corrected chi connectivity index (χ0v) is 15.8. The van der Waals surface area contributed by atoms with Gasteiger partial charge < -0.3 is 4.90 Å². The minimum absolute atomic E-state index is 0.0640.